The van der Waals surface area contributed by atoms with E-state index < -0.39 is 0 Å². The van der Waals surface area contributed by atoms with Crippen molar-refractivity contribution in [2.24, 2.45) is 4.99 Å². The van der Waals surface area contributed by atoms with Gasteiger partial charge < -0.3 is 25.0 Å². The topological polar surface area (TPSA) is 58.1 Å². The first kappa shape index (κ1) is 22.4. The lowest BCUT2D eigenvalue weighted by Crippen LogP contribution is -2.46. The van der Waals surface area contributed by atoms with Crippen LogP contribution in [0.15, 0.2) is 23.2 Å². The monoisotopic (exact) mass is 440 g/mol. The molecule has 8 heteroatoms. The Morgan fingerprint density at radius 3 is 2.90 bits per heavy atom. The summed E-state index contributed by atoms with van der Waals surface area (Å²) in [6.07, 6.45) is 5.35. The molecule has 2 saturated heterocycles. The highest BCUT2D eigenvalue weighted by Gasteiger charge is 2.32. The number of benzene rings is 1. The Bertz CT molecular complexity index is 697. The molecule has 1 aromatic rings. The van der Waals surface area contributed by atoms with Crippen LogP contribution < -0.4 is 20.3 Å². The predicted molar refractivity (Wildman–Crippen MR) is 124 cm³/mol. The van der Waals surface area contributed by atoms with Crippen molar-refractivity contribution in [1.82, 2.24) is 10.6 Å². The zero-order valence-electron chi connectivity index (χ0n) is 17.7. The molecule has 2 heterocycles. The number of hydrogen-bond donors (Lipinski definition) is 2. The van der Waals surface area contributed by atoms with Gasteiger partial charge in [0.05, 0.1) is 19.3 Å². The fraction of sp³-hybridized carbons (Fsp3) is 0.667. The average Bonchev–Trinajstić information content (AvgIpc) is 3.21. The van der Waals surface area contributed by atoms with Crippen molar-refractivity contribution in [3.05, 3.63) is 23.2 Å². The molecule has 0 amide bonds. The van der Waals surface area contributed by atoms with Gasteiger partial charge in [0.1, 0.15) is 5.75 Å². The van der Waals surface area contributed by atoms with E-state index in [1.165, 1.54) is 0 Å². The quantitative estimate of drug-likeness (QED) is 0.500. The average molecular weight is 441 g/mol. The fourth-order valence-electron chi connectivity index (χ4n) is 3.91. The first-order valence-corrected chi connectivity index (χ1v) is 12.0. The van der Waals surface area contributed by atoms with Gasteiger partial charge in [0.15, 0.2) is 5.96 Å². The summed E-state index contributed by atoms with van der Waals surface area (Å²) < 4.78 is 11.3. The minimum atomic E-state index is 0.191. The van der Waals surface area contributed by atoms with E-state index in [1.54, 1.807) is 7.11 Å². The molecule has 0 aliphatic carbocycles. The molecule has 0 radical (unpaired) electrons. The molecule has 1 unspecified atom stereocenters. The van der Waals surface area contributed by atoms with Gasteiger partial charge in [0.25, 0.3) is 0 Å². The summed E-state index contributed by atoms with van der Waals surface area (Å²) in [4.78, 5) is 7.27. The zero-order valence-corrected chi connectivity index (χ0v) is 19.2. The van der Waals surface area contributed by atoms with Gasteiger partial charge in [-0.3, -0.25) is 4.99 Å². The number of nitrogens with zero attached hydrogens (tertiary/aromatic N) is 2. The van der Waals surface area contributed by atoms with Crippen LogP contribution >= 0.6 is 23.4 Å². The first-order valence-electron chi connectivity index (χ1n) is 10.4. The van der Waals surface area contributed by atoms with Crippen LogP contribution in [-0.2, 0) is 4.74 Å². The number of halogens is 1. The molecule has 0 aromatic heterocycles. The van der Waals surface area contributed by atoms with E-state index in [-0.39, 0.29) is 4.75 Å². The molecule has 29 heavy (non-hydrogen) atoms. The number of aliphatic imine (C=N–C) groups is 1. The van der Waals surface area contributed by atoms with Crippen molar-refractivity contribution in [2.75, 3.05) is 57.7 Å². The van der Waals surface area contributed by atoms with E-state index in [0.717, 1.165) is 81.1 Å². The summed E-state index contributed by atoms with van der Waals surface area (Å²) in [5, 5.41) is 7.77. The van der Waals surface area contributed by atoms with Crippen LogP contribution in [0.2, 0.25) is 5.02 Å². The summed E-state index contributed by atoms with van der Waals surface area (Å²) in [5.41, 5.74) is 1.05. The standard InChI is InChI=1S/C21H33ClN4O2S/c1-4-23-20(24-15-21(29-3)8-11-28-12-9-21)25-17-7-10-26(14-17)18-13-16(22)5-6-19(18)27-2/h5-6,13,17H,4,7-12,14-15H2,1-3H3,(H2,23,24,25). The van der Waals surface area contributed by atoms with Crippen LogP contribution in [0.4, 0.5) is 5.69 Å². The minimum Gasteiger partial charge on any atom is -0.495 e. The van der Waals surface area contributed by atoms with Crippen molar-refractivity contribution in [2.45, 2.75) is 37.0 Å². The second kappa shape index (κ2) is 10.6. The van der Waals surface area contributed by atoms with Gasteiger partial charge in [-0.2, -0.15) is 11.8 Å². The Kier molecular flexibility index (Phi) is 8.21. The van der Waals surface area contributed by atoms with E-state index in [4.69, 9.17) is 26.1 Å². The van der Waals surface area contributed by atoms with Gasteiger partial charge in [-0.05, 0) is 50.6 Å². The van der Waals surface area contributed by atoms with E-state index in [2.05, 4.69) is 28.7 Å². The normalized spacial score (nSPS) is 21.9. The number of hydrogen-bond acceptors (Lipinski definition) is 5. The Morgan fingerprint density at radius 1 is 1.41 bits per heavy atom. The Labute approximate surface area is 183 Å². The molecule has 2 aliphatic heterocycles. The van der Waals surface area contributed by atoms with Crippen LogP contribution in [0.25, 0.3) is 0 Å². The highest BCUT2D eigenvalue weighted by atomic mass is 35.5. The molecule has 6 nitrogen and oxygen atoms in total. The van der Waals surface area contributed by atoms with Gasteiger partial charge in [-0.25, -0.2) is 0 Å². The molecule has 3 rings (SSSR count). The third-order valence-electron chi connectivity index (χ3n) is 5.72. The lowest BCUT2D eigenvalue weighted by molar-refractivity contribution is 0.0794. The van der Waals surface area contributed by atoms with Crippen LogP contribution in [0, 0.1) is 0 Å². The van der Waals surface area contributed by atoms with Crippen LogP contribution in [0.3, 0.4) is 0 Å². The first-order chi connectivity index (χ1) is 14.1. The molecule has 0 spiro atoms. The van der Waals surface area contributed by atoms with Crippen molar-refractivity contribution >= 4 is 35.0 Å². The zero-order chi connectivity index (χ0) is 20.7. The van der Waals surface area contributed by atoms with Crippen LogP contribution in [-0.4, -0.2) is 69.5 Å². The summed E-state index contributed by atoms with van der Waals surface area (Å²) in [6.45, 7) is 7.28. The SMILES string of the molecule is CCNC(=NCC1(SC)CCOCC1)NC1CCN(c2cc(Cl)ccc2OC)C1. The van der Waals surface area contributed by atoms with Crippen molar-refractivity contribution in [1.29, 1.82) is 0 Å². The van der Waals surface area contributed by atoms with Crippen molar-refractivity contribution in [3.8, 4) is 5.75 Å². The molecule has 2 aliphatic rings. The van der Waals surface area contributed by atoms with E-state index in [1.807, 2.05) is 30.0 Å². The smallest absolute Gasteiger partial charge is 0.191 e. The second-order valence-corrected chi connectivity index (χ2v) is 9.30. The summed E-state index contributed by atoms with van der Waals surface area (Å²) in [5.74, 6) is 1.76. The van der Waals surface area contributed by atoms with Gasteiger partial charge in [-0.15, -0.1) is 0 Å². The molecule has 162 valence electrons. The highest BCUT2D eigenvalue weighted by Crippen LogP contribution is 2.35. The summed E-state index contributed by atoms with van der Waals surface area (Å²) >= 11 is 8.14. The van der Waals surface area contributed by atoms with Gasteiger partial charge in [0, 0.05) is 48.7 Å². The molecule has 0 saturated carbocycles. The molecule has 1 aromatic carbocycles. The molecule has 0 bridgehead atoms. The van der Waals surface area contributed by atoms with Crippen LogP contribution in [0.1, 0.15) is 26.2 Å². The van der Waals surface area contributed by atoms with Gasteiger partial charge in [-0.1, -0.05) is 11.6 Å². The lowest BCUT2D eigenvalue weighted by atomic mass is 9.99. The third kappa shape index (κ3) is 5.86. The number of ether oxygens (including phenoxy) is 2. The van der Waals surface area contributed by atoms with Gasteiger partial charge >= 0.3 is 0 Å². The van der Waals surface area contributed by atoms with E-state index >= 15 is 0 Å². The fourth-order valence-corrected chi connectivity index (χ4v) is 4.85. The number of guanidine groups is 1. The minimum absolute atomic E-state index is 0.191. The maximum Gasteiger partial charge on any atom is 0.191 e. The number of nitrogens with one attached hydrogen (secondary N) is 2. The predicted octanol–water partition coefficient (Wildman–Crippen LogP) is 3.39. The number of thioether (sulfide) groups is 1. The second-order valence-electron chi connectivity index (χ2n) is 7.59. The molecular weight excluding hydrogens is 408 g/mol. The summed E-state index contributed by atoms with van der Waals surface area (Å²) in [6, 6.07) is 6.11. The Hall–Kier alpha value is -1.31. The van der Waals surface area contributed by atoms with E-state index in [9.17, 15) is 0 Å². The number of methoxy groups -OCH3 is 1. The maximum atomic E-state index is 6.22. The molecular formula is C21H33ClN4O2S. The van der Waals surface area contributed by atoms with Crippen molar-refractivity contribution in [3.63, 3.8) is 0 Å². The van der Waals surface area contributed by atoms with Crippen molar-refractivity contribution < 1.29 is 9.47 Å². The maximum absolute atomic E-state index is 6.22. The Balaban J connectivity index is 1.63. The molecule has 2 N–H and O–H groups in total. The highest BCUT2D eigenvalue weighted by molar-refractivity contribution is 8.00. The van der Waals surface area contributed by atoms with Crippen LogP contribution in [0.5, 0.6) is 5.75 Å². The summed E-state index contributed by atoms with van der Waals surface area (Å²) in [7, 11) is 1.70. The largest absolute Gasteiger partial charge is 0.495 e. The number of rotatable bonds is 7. The number of anilines is 1. The molecule has 1 atom stereocenters. The third-order valence-corrected chi connectivity index (χ3v) is 7.36. The van der Waals surface area contributed by atoms with E-state index in [0.29, 0.717) is 6.04 Å². The Morgan fingerprint density at radius 2 is 2.21 bits per heavy atom. The molecule has 2 fully saturated rings. The lowest BCUT2D eigenvalue weighted by Gasteiger charge is -2.34. The van der Waals surface area contributed by atoms with Gasteiger partial charge in [0.2, 0.25) is 0 Å².